The molecule has 1 fully saturated rings. The minimum Gasteiger partial charge on any atom is -0.360 e. The zero-order chi connectivity index (χ0) is 15.5. The summed E-state index contributed by atoms with van der Waals surface area (Å²) in [5, 5.41) is 16.9. The monoisotopic (exact) mass is 303 g/mol. The van der Waals surface area contributed by atoms with Crippen molar-refractivity contribution in [2.24, 2.45) is 0 Å². The Bertz CT molecular complexity index is 705. The molecule has 1 aliphatic rings. The van der Waals surface area contributed by atoms with Crippen molar-refractivity contribution in [2.75, 3.05) is 10.6 Å². The predicted octanol–water partition coefficient (Wildman–Crippen LogP) is 2.71. The van der Waals surface area contributed by atoms with Crippen molar-refractivity contribution < 1.29 is 9.31 Å². The SMILES string of the molecule is O=[N+]([O-])c1cnc(NC2CC2)nc1NCc1ccccc1F. The van der Waals surface area contributed by atoms with E-state index >= 15 is 0 Å². The molecule has 2 N–H and O–H groups in total. The van der Waals surface area contributed by atoms with Crippen LogP contribution in [-0.2, 0) is 6.54 Å². The largest absolute Gasteiger partial charge is 0.360 e. The van der Waals surface area contributed by atoms with Crippen molar-refractivity contribution in [3.63, 3.8) is 0 Å². The van der Waals surface area contributed by atoms with Gasteiger partial charge in [0.15, 0.2) is 0 Å². The summed E-state index contributed by atoms with van der Waals surface area (Å²) in [6, 6.07) is 6.57. The molecule has 1 aliphatic carbocycles. The Morgan fingerprint density at radius 2 is 2.14 bits per heavy atom. The number of hydrogen-bond acceptors (Lipinski definition) is 6. The molecule has 114 valence electrons. The molecule has 0 radical (unpaired) electrons. The summed E-state index contributed by atoms with van der Waals surface area (Å²) >= 11 is 0. The van der Waals surface area contributed by atoms with Crippen molar-refractivity contribution in [2.45, 2.75) is 25.4 Å². The maximum Gasteiger partial charge on any atom is 0.329 e. The number of aromatic nitrogens is 2. The average Bonchev–Trinajstić information content (AvgIpc) is 3.30. The molecule has 1 heterocycles. The molecule has 0 saturated heterocycles. The molecule has 22 heavy (non-hydrogen) atoms. The van der Waals surface area contributed by atoms with Crippen molar-refractivity contribution in [1.29, 1.82) is 0 Å². The van der Waals surface area contributed by atoms with E-state index in [-0.39, 0.29) is 23.9 Å². The third-order valence-electron chi connectivity index (χ3n) is 3.28. The van der Waals surface area contributed by atoms with E-state index in [9.17, 15) is 14.5 Å². The number of halogens is 1. The zero-order valence-electron chi connectivity index (χ0n) is 11.6. The quantitative estimate of drug-likeness (QED) is 0.629. The third kappa shape index (κ3) is 3.27. The minimum absolute atomic E-state index is 0.0754. The van der Waals surface area contributed by atoms with E-state index in [0.717, 1.165) is 19.0 Å². The Balaban J connectivity index is 1.80. The highest BCUT2D eigenvalue weighted by molar-refractivity contribution is 5.57. The van der Waals surface area contributed by atoms with Crippen LogP contribution in [-0.4, -0.2) is 20.9 Å². The minimum atomic E-state index is -0.565. The summed E-state index contributed by atoms with van der Waals surface area (Å²) in [4.78, 5) is 18.5. The van der Waals surface area contributed by atoms with Gasteiger partial charge in [0.05, 0.1) is 4.92 Å². The van der Waals surface area contributed by atoms with Crippen molar-refractivity contribution >= 4 is 17.5 Å². The highest BCUT2D eigenvalue weighted by Crippen LogP contribution is 2.26. The van der Waals surface area contributed by atoms with Gasteiger partial charge in [-0.3, -0.25) is 10.1 Å². The molecule has 3 rings (SSSR count). The van der Waals surface area contributed by atoms with E-state index in [1.54, 1.807) is 18.2 Å². The topological polar surface area (TPSA) is 93.0 Å². The predicted molar refractivity (Wildman–Crippen MR) is 79.1 cm³/mol. The van der Waals surface area contributed by atoms with Crippen LogP contribution in [0, 0.1) is 15.9 Å². The van der Waals surface area contributed by atoms with E-state index in [4.69, 9.17) is 0 Å². The van der Waals surface area contributed by atoms with Gasteiger partial charge in [0.25, 0.3) is 0 Å². The van der Waals surface area contributed by atoms with Crippen LogP contribution in [0.4, 0.5) is 21.8 Å². The Morgan fingerprint density at radius 1 is 1.36 bits per heavy atom. The molecule has 0 bridgehead atoms. The first kappa shape index (κ1) is 14.2. The lowest BCUT2D eigenvalue weighted by Crippen LogP contribution is -2.10. The number of nitrogens with one attached hydrogen (secondary N) is 2. The molecular formula is C14H14FN5O2. The summed E-state index contributed by atoms with van der Waals surface area (Å²) < 4.78 is 13.6. The maximum absolute atomic E-state index is 13.6. The van der Waals surface area contributed by atoms with Gasteiger partial charge in [-0.25, -0.2) is 9.37 Å². The standard InChI is InChI=1S/C14H14FN5O2/c15-11-4-2-1-3-9(11)7-16-13-12(20(21)22)8-17-14(19-13)18-10-5-6-10/h1-4,8,10H,5-7H2,(H2,16,17,18,19). The molecule has 0 atom stereocenters. The Kier molecular flexibility index (Phi) is 3.82. The molecule has 1 aromatic carbocycles. The Morgan fingerprint density at radius 3 is 2.82 bits per heavy atom. The summed E-state index contributed by atoms with van der Waals surface area (Å²) in [7, 11) is 0. The second kappa shape index (κ2) is 5.92. The lowest BCUT2D eigenvalue weighted by molar-refractivity contribution is -0.384. The Hall–Kier alpha value is -2.77. The first-order valence-electron chi connectivity index (χ1n) is 6.89. The van der Waals surface area contributed by atoms with Gasteiger partial charge in [-0.2, -0.15) is 4.98 Å². The number of benzene rings is 1. The lowest BCUT2D eigenvalue weighted by Gasteiger charge is -2.09. The maximum atomic E-state index is 13.6. The first-order valence-corrected chi connectivity index (χ1v) is 6.89. The number of nitro groups is 1. The van der Waals surface area contributed by atoms with Crippen LogP contribution < -0.4 is 10.6 Å². The number of nitrogens with zero attached hydrogens (tertiary/aromatic N) is 3. The zero-order valence-corrected chi connectivity index (χ0v) is 11.6. The van der Waals surface area contributed by atoms with E-state index in [0.29, 0.717) is 17.6 Å². The molecule has 7 nitrogen and oxygen atoms in total. The van der Waals surface area contributed by atoms with Gasteiger partial charge in [0, 0.05) is 18.2 Å². The molecule has 8 heteroatoms. The summed E-state index contributed by atoms with van der Waals surface area (Å²) in [6.45, 7) is 0.105. The molecule has 0 spiro atoms. The molecule has 1 saturated carbocycles. The van der Waals surface area contributed by atoms with Gasteiger partial charge in [-0.05, 0) is 18.9 Å². The molecule has 2 aromatic rings. The van der Waals surface area contributed by atoms with E-state index in [1.165, 1.54) is 6.07 Å². The van der Waals surface area contributed by atoms with Crippen LogP contribution in [0.15, 0.2) is 30.5 Å². The van der Waals surface area contributed by atoms with Crippen LogP contribution in [0.25, 0.3) is 0 Å². The van der Waals surface area contributed by atoms with Crippen LogP contribution in [0.5, 0.6) is 0 Å². The summed E-state index contributed by atoms with van der Waals surface area (Å²) in [6.07, 6.45) is 3.23. The highest BCUT2D eigenvalue weighted by atomic mass is 19.1. The Labute approximate surface area is 125 Å². The molecular weight excluding hydrogens is 289 g/mol. The van der Waals surface area contributed by atoms with Gasteiger partial charge < -0.3 is 10.6 Å². The van der Waals surface area contributed by atoms with E-state index in [1.807, 2.05) is 0 Å². The molecule has 0 unspecified atom stereocenters. The third-order valence-corrected chi connectivity index (χ3v) is 3.28. The number of hydrogen-bond donors (Lipinski definition) is 2. The van der Waals surface area contributed by atoms with Crippen molar-refractivity contribution in [1.82, 2.24) is 9.97 Å². The van der Waals surface area contributed by atoms with E-state index in [2.05, 4.69) is 20.6 Å². The molecule has 0 amide bonds. The van der Waals surface area contributed by atoms with Gasteiger partial charge in [0.1, 0.15) is 12.0 Å². The number of rotatable bonds is 6. The second-order valence-corrected chi connectivity index (χ2v) is 5.05. The normalized spacial score (nSPS) is 13.7. The summed E-state index contributed by atoms with van der Waals surface area (Å²) in [5.41, 5.74) is 0.171. The van der Waals surface area contributed by atoms with Gasteiger partial charge in [0.2, 0.25) is 11.8 Å². The van der Waals surface area contributed by atoms with E-state index < -0.39 is 4.92 Å². The van der Waals surface area contributed by atoms with Crippen LogP contribution in [0.3, 0.4) is 0 Å². The second-order valence-electron chi connectivity index (χ2n) is 5.05. The van der Waals surface area contributed by atoms with Crippen LogP contribution in [0.2, 0.25) is 0 Å². The fourth-order valence-electron chi connectivity index (χ4n) is 1.94. The van der Waals surface area contributed by atoms with Gasteiger partial charge in [-0.1, -0.05) is 18.2 Å². The van der Waals surface area contributed by atoms with Crippen LogP contribution >= 0.6 is 0 Å². The first-order chi connectivity index (χ1) is 10.6. The van der Waals surface area contributed by atoms with Gasteiger partial charge >= 0.3 is 5.69 Å². The lowest BCUT2D eigenvalue weighted by atomic mass is 10.2. The highest BCUT2D eigenvalue weighted by Gasteiger charge is 2.24. The number of anilines is 2. The average molecular weight is 303 g/mol. The van der Waals surface area contributed by atoms with Crippen molar-refractivity contribution in [3.8, 4) is 0 Å². The summed E-state index contributed by atoms with van der Waals surface area (Å²) in [5.74, 6) is 0.0403. The fraction of sp³-hybridized carbons (Fsp3) is 0.286. The smallest absolute Gasteiger partial charge is 0.329 e. The molecule has 1 aromatic heterocycles. The van der Waals surface area contributed by atoms with Crippen LogP contribution in [0.1, 0.15) is 18.4 Å². The van der Waals surface area contributed by atoms with Gasteiger partial charge in [-0.15, -0.1) is 0 Å². The fourth-order valence-corrected chi connectivity index (χ4v) is 1.94. The molecule has 0 aliphatic heterocycles. The van der Waals surface area contributed by atoms with Crippen molar-refractivity contribution in [3.05, 3.63) is 52.0 Å².